The Bertz CT molecular complexity index is 1290. The predicted molar refractivity (Wildman–Crippen MR) is 106 cm³/mol. The van der Waals surface area contributed by atoms with Crippen LogP contribution >= 0.6 is 0 Å². The Balaban J connectivity index is 1.61. The van der Waals surface area contributed by atoms with Gasteiger partial charge >= 0.3 is 6.16 Å². The second-order valence-corrected chi connectivity index (χ2v) is 6.39. The largest absolute Gasteiger partial charge is 0.511 e. The van der Waals surface area contributed by atoms with Crippen LogP contribution < -0.4 is 10.2 Å². The standard InChI is InChI=1S/C21H15FN4O4/c1-12-16(11-23-19(24-12)13-4-2-5-14(22)10-13)20(27)25-26-9-8-15-17(26)6-3-7-18(15)30-21(28)29/h2-11H,1H3,(H,25,27)(H,28,29). The van der Waals surface area contributed by atoms with E-state index in [1.165, 1.54) is 29.1 Å². The van der Waals surface area contributed by atoms with Gasteiger partial charge < -0.3 is 9.84 Å². The Kier molecular flexibility index (Phi) is 4.85. The number of aromatic nitrogens is 3. The van der Waals surface area contributed by atoms with Crippen molar-refractivity contribution in [3.8, 4) is 17.1 Å². The third-order valence-electron chi connectivity index (χ3n) is 4.42. The molecule has 30 heavy (non-hydrogen) atoms. The van der Waals surface area contributed by atoms with Gasteiger partial charge in [-0.05, 0) is 37.3 Å². The maximum absolute atomic E-state index is 13.4. The molecule has 2 heterocycles. The number of carboxylic acid groups (broad SMARTS) is 1. The van der Waals surface area contributed by atoms with E-state index in [2.05, 4.69) is 15.4 Å². The van der Waals surface area contributed by atoms with Crippen LogP contribution in [0.4, 0.5) is 9.18 Å². The molecule has 0 spiro atoms. The number of rotatable bonds is 4. The Morgan fingerprint density at radius 3 is 2.70 bits per heavy atom. The lowest BCUT2D eigenvalue weighted by molar-refractivity contribution is 0.101. The van der Waals surface area contributed by atoms with Crippen molar-refractivity contribution in [1.82, 2.24) is 14.6 Å². The highest BCUT2D eigenvalue weighted by molar-refractivity contribution is 6.02. The van der Waals surface area contributed by atoms with Crippen LogP contribution in [0.15, 0.2) is 60.9 Å². The minimum absolute atomic E-state index is 0.159. The molecule has 8 nitrogen and oxygen atoms in total. The van der Waals surface area contributed by atoms with Gasteiger partial charge in [0.05, 0.1) is 16.8 Å². The van der Waals surface area contributed by atoms with Crippen LogP contribution in [-0.2, 0) is 0 Å². The van der Waals surface area contributed by atoms with Gasteiger partial charge in [-0.1, -0.05) is 18.2 Å². The van der Waals surface area contributed by atoms with Crippen molar-refractivity contribution < 1.29 is 23.8 Å². The first-order valence-corrected chi connectivity index (χ1v) is 8.84. The van der Waals surface area contributed by atoms with E-state index in [1.54, 1.807) is 43.5 Å². The number of hydrogen-bond donors (Lipinski definition) is 2. The number of fused-ring (bicyclic) bond motifs is 1. The summed E-state index contributed by atoms with van der Waals surface area (Å²) >= 11 is 0. The highest BCUT2D eigenvalue weighted by Gasteiger charge is 2.15. The van der Waals surface area contributed by atoms with E-state index < -0.39 is 17.9 Å². The first-order valence-electron chi connectivity index (χ1n) is 8.84. The lowest BCUT2D eigenvalue weighted by Crippen LogP contribution is -2.23. The van der Waals surface area contributed by atoms with Gasteiger partial charge in [-0.15, -0.1) is 0 Å². The van der Waals surface area contributed by atoms with E-state index >= 15 is 0 Å². The molecule has 0 atom stereocenters. The highest BCUT2D eigenvalue weighted by Crippen LogP contribution is 2.26. The van der Waals surface area contributed by atoms with Crippen molar-refractivity contribution in [2.24, 2.45) is 0 Å². The molecule has 0 saturated carbocycles. The number of carbonyl (C=O) groups excluding carboxylic acids is 1. The smallest absolute Gasteiger partial charge is 0.449 e. The zero-order valence-corrected chi connectivity index (χ0v) is 15.7. The molecule has 0 aliphatic carbocycles. The summed E-state index contributed by atoms with van der Waals surface area (Å²) in [6.07, 6.45) is 1.53. The first kappa shape index (κ1) is 19.1. The molecule has 0 fully saturated rings. The van der Waals surface area contributed by atoms with Crippen molar-refractivity contribution >= 4 is 23.0 Å². The van der Waals surface area contributed by atoms with Crippen LogP contribution in [0.25, 0.3) is 22.3 Å². The normalized spacial score (nSPS) is 10.7. The topological polar surface area (TPSA) is 106 Å². The van der Waals surface area contributed by atoms with E-state index in [1.807, 2.05) is 0 Å². The molecule has 0 saturated heterocycles. The number of halogens is 1. The number of benzene rings is 2. The van der Waals surface area contributed by atoms with Crippen LogP contribution in [0.3, 0.4) is 0 Å². The number of ether oxygens (including phenoxy) is 1. The minimum atomic E-state index is -1.43. The molecule has 4 rings (SSSR count). The van der Waals surface area contributed by atoms with Crippen molar-refractivity contribution in [2.75, 3.05) is 5.43 Å². The van der Waals surface area contributed by atoms with Gasteiger partial charge in [-0.25, -0.2) is 19.2 Å². The third-order valence-corrected chi connectivity index (χ3v) is 4.42. The van der Waals surface area contributed by atoms with Crippen molar-refractivity contribution in [3.05, 3.63) is 78.0 Å². The molecule has 0 radical (unpaired) electrons. The lowest BCUT2D eigenvalue weighted by Gasteiger charge is -2.11. The Hall–Kier alpha value is -4.27. The van der Waals surface area contributed by atoms with Crippen molar-refractivity contribution in [2.45, 2.75) is 6.92 Å². The molecule has 9 heteroatoms. The highest BCUT2D eigenvalue weighted by atomic mass is 19.1. The fraction of sp³-hybridized carbons (Fsp3) is 0.0476. The molecule has 2 N–H and O–H groups in total. The molecule has 4 aromatic rings. The van der Waals surface area contributed by atoms with Crippen LogP contribution in [-0.4, -0.2) is 31.8 Å². The molecule has 150 valence electrons. The molecule has 0 aliphatic rings. The quantitative estimate of drug-likeness (QED) is 0.392. The van der Waals surface area contributed by atoms with Gasteiger partial charge in [0.1, 0.15) is 11.6 Å². The fourth-order valence-corrected chi connectivity index (χ4v) is 3.05. The van der Waals surface area contributed by atoms with Gasteiger partial charge in [0.15, 0.2) is 5.82 Å². The van der Waals surface area contributed by atoms with E-state index in [-0.39, 0.29) is 11.3 Å². The third kappa shape index (κ3) is 3.68. The van der Waals surface area contributed by atoms with Gasteiger partial charge in [0.2, 0.25) is 0 Å². The number of aryl methyl sites for hydroxylation is 1. The van der Waals surface area contributed by atoms with E-state index in [0.717, 1.165) is 0 Å². The Morgan fingerprint density at radius 1 is 1.17 bits per heavy atom. The molecule has 1 amide bonds. The predicted octanol–water partition coefficient (Wildman–Crippen LogP) is 3.99. The number of amides is 1. The summed E-state index contributed by atoms with van der Waals surface area (Å²) in [5.74, 6) is -0.390. The molecule has 2 aromatic heterocycles. The SMILES string of the molecule is Cc1nc(-c2cccc(F)c2)ncc1C(=O)Nn1ccc2c(OC(=O)O)cccc21. The Morgan fingerprint density at radius 2 is 1.97 bits per heavy atom. The Labute approximate surface area is 169 Å². The minimum Gasteiger partial charge on any atom is -0.449 e. The molecule has 2 aromatic carbocycles. The molecule has 0 unspecified atom stereocenters. The molecular weight excluding hydrogens is 391 g/mol. The van der Waals surface area contributed by atoms with Gasteiger partial charge in [-0.3, -0.25) is 14.9 Å². The number of nitrogens with one attached hydrogen (secondary N) is 1. The molecule has 0 bridgehead atoms. The summed E-state index contributed by atoms with van der Waals surface area (Å²) in [5.41, 5.74) is 4.43. The fourth-order valence-electron chi connectivity index (χ4n) is 3.05. The summed E-state index contributed by atoms with van der Waals surface area (Å²) in [7, 11) is 0. The lowest BCUT2D eigenvalue weighted by atomic mass is 10.2. The zero-order valence-electron chi connectivity index (χ0n) is 15.7. The maximum Gasteiger partial charge on any atom is 0.511 e. The summed E-state index contributed by atoms with van der Waals surface area (Å²) in [4.78, 5) is 32.1. The number of hydrogen-bond acceptors (Lipinski definition) is 5. The van der Waals surface area contributed by atoms with Crippen LogP contribution in [0.2, 0.25) is 0 Å². The van der Waals surface area contributed by atoms with Crippen molar-refractivity contribution in [1.29, 1.82) is 0 Å². The van der Waals surface area contributed by atoms with Crippen LogP contribution in [0.1, 0.15) is 16.1 Å². The van der Waals surface area contributed by atoms with Crippen LogP contribution in [0.5, 0.6) is 5.75 Å². The summed E-state index contributed by atoms with van der Waals surface area (Å²) in [6.45, 7) is 1.66. The zero-order chi connectivity index (χ0) is 21.3. The molecule has 0 aliphatic heterocycles. The van der Waals surface area contributed by atoms with Gasteiger partial charge in [0, 0.05) is 23.3 Å². The van der Waals surface area contributed by atoms with E-state index in [9.17, 15) is 14.0 Å². The summed E-state index contributed by atoms with van der Waals surface area (Å²) in [6, 6.07) is 12.4. The monoisotopic (exact) mass is 406 g/mol. The van der Waals surface area contributed by atoms with Gasteiger partial charge in [-0.2, -0.15) is 0 Å². The van der Waals surface area contributed by atoms with Gasteiger partial charge in [0.25, 0.3) is 5.91 Å². The molecular formula is C21H15FN4O4. The van der Waals surface area contributed by atoms with E-state index in [0.29, 0.717) is 28.0 Å². The summed E-state index contributed by atoms with van der Waals surface area (Å²) in [5, 5.41) is 9.37. The first-order chi connectivity index (χ1) is 14.4. The van der Waals surface area contributed by atoms with Crippen LogP contribution in [0, 0.1) is 12.7 Å². The second-order valence-electron chi connectivity index (χ2n) is 6.39. The average molecular weight is 406 g/mol. The van der Waals surface area contributed by atoms with Crippen molar-refractivity contribution in [3.63, 3.8) is 0 Å². The summed E-state index contributed by atoms with van der Waals surface area (Å²) < 4.78 is 19.6. The second kappa shape index (κ2) is 7.63. The average Bonchev–Trinajstić information content (AvgIpc) is 3.11. The van der Waals surface area contributed by atoms with E-state index in [4.69, 9.17) is 9.84 Å². The maximum atomic E-state index is 13.4. The number of carbonyl (C=O) groups is 2. The number of nitrogens with zero attached hydrogens (tertiary/aromatic N) is 3.